The fourth-order valence-electron chi connectivity index (χ4n) is 2.66. The SMILES string of the molecule is C[C@H](Sc1nc(C2CC2)n(-c2ccccc2)n1)C(=O)NCc1cccs1. The van der Waals surface area contributed by atoms with Crippen molar-refractivity contribution in [3.8, 4) is 5.69 Å². The molecule has 4 rings (SSSR count). The van der Waals surface area contributed by atoms with Gasteiger partial charge in [0.15, 0.2) is 0 Å². The quantitative estimate of drug-likeness (QED) is 0.626. The van der Waals surface area contributed by atoms with Gasteiger partial charge < -0.3 is 5.32 Å². The maximum Gasteiger partial charge on any atom is 0.233 e. The summed E-state index contributed by atoms with van der Waals surface area (Å²) >= 11 is 3.06. The lowest BCUT2D eigenvalue weighted by molar-refractivity contribution is -0.120. The topological polar surface area (TPSA) is 59.8 Å². The van der Waals surface area contributed by atoms with Crippen LogP contribution in [0.2, 0.25) is 0 Å². The number of hydrogen-bond acceptors (Lipinski definition) is 5. The molecular formula is C19H20N4OS2. The number of aromatic nitrogens is 3. The predicted molar refractivity (Wildman–Crippen MR) is 105 cm³/mol. The number of carbonyl (C=O) groups excluding carboxylic acids is 1. The zero-order valence-electron chi connectivity index (χ0n) is 14.5. The summed E-state index contributed by atoms with van der Waals surface area (Å²) in [5.74, 6) is 1.50. The first kappa shape index (κ1) is 17.3. The number of thioether (sulfide) groups is 1. The van der Waals surface area contributed by atoms with Crippen molar-refractivity contribution in [1.82, 2.24) is 20.1 Å². The molecule has 1 fully saturated rings. The van der Waals surface area contributed by atoms with Crippen molar-refractivity contribution in [2.45, 2.75) is 42.6 Å². The molecule has 5 nitrogen and oxygen atoms in total. The summed E-state index contributed by atoms with van der Waals surface area (Å²) in [7, 11) is 0. The van der Waals surface area contributed by atoms with Crippen LogP contribution in [-0.4, -0.2) is 25.9 Å². The number of benzene rings is 1. The highest BCUT2D eigenvalue weighted by atomic mass is 32.2. The molecule has 2 heterocycles. The summed E-state index contributed by atoms with van der Waals surface area (Å²) in [5.41, 5.74) is 1.02. The molecule has 1 amide bonds. The highest BCUT2D eigenvalue weighted by Gasteiger charge is 2.31. The van der Waals surface area contributed by atoms with Gasteiger partial charge in [-0.3, -0.25) is 4.79 Å². The summed E-state index contributed by atoms with van der Waals surface area (Å²) < 4.78 is 1.93. The van der Waals surface area contributed by atoms with Gasteiger partial charge in [-0.2, -0.15) is 0 Å². The summed E-state index contributed by atoms with van der Waals surface area (Å²) in [4.78, 5) is 18.2. The Bertz CT molecular complexity index is 872. The fraction of sp³-hybridized carbons (Fsp3) is 0.316. The van der Waals surface area contributed by atoms with Crippen LogP contribution in [0.1, 0.15) is 36.4 Å². The van der Waals surface area contributed by atoms with Gasteiger partial charge in [-0.05, 0) is 43.3 Å². The van der Waals surface area contributed by atoms with E-state index in [4.69, 9.17) is 4.98 Å². The van der Waals surface area contributed by atoms with E-state index in [0.717, 1.165) is 29.2 Å². The fourth-order valence-corrected chi connectivity index (χ4v) is 4.09. The van der Waals surface area contributed by atoms with Crippen LogP contribution in [0.25, 0.3) is 5.69 Å². The van der Waals surface area contributed by atoms with Gasteiger partial charge in [0.2, 0.25) is 11.1 Å². The highest BCUT2D eigenvalue weighted by Crippen LogP contribution is 2.40. The van der Waals surface area contributed by atoms with Gasteiger partial charge in [-0.1, -0.05) is 36.0 Å². The molecule has 26 heavy (non-hydrogen) atoms. The van der Waals surface area contributed by atoms with E-state index in [2.05, 4.69) is 10.4 Å². The average molecular weight is 385 g/mol. The number of para-hydroxylation sites is 1. The van der Waals surface area contributed by atoms with E-state index in [1.807, 2.05) is 59.5 Å². The number of amides is 1. The van der Waals surface area contributed by atoms with Crippen LogP contribution in [0.4, 0.5) is 0 Å². The highest BCUT2D eigenvalue weighted by molar-refractivity contribution is 8.00. The summed E-state index contributed by atoms with van der Waals surface area (Å²) in [6.45, 7) is 2.47. The summed E-state index contributed by atoms with van der Waals surface area (Å²) in [6.07, 6.45) is 2.32. The van der Waals surface area contributed by atoms with E-state index in [0.29, 0.717) is 17.6 Å². The zero-order valence-corrected chi connectivity index (χ0v) is 16.1. The Morgan fingerprint density at radius 3 is 2.81 bits per heavy atom. The predicted octanol–water partition coefficient (Wildman–Crippen LogP) is 4.00. The molecule has 1 aromatic carbocycles. The molecule has 1 N–H and O–H groups in total. The van der Waals surface area contributed by atoms with E-state index in [-0.39, 0.29) is 11.2 Å². The third kappa shape index (κ3) is 3.99. The van der Waals surface area contributed by atoms with Crippen LogP contribution in [0.3, 0.4) is 0 Å². The van der Waals surface area contributed by atoms with Crippen LogP contribution in [-0.2, 0) is 11.3 Å². The molecule has 1 saturated carbocycles. The van der Waals surface area contributed by atoms with Crippen LogP contribution < -0.4 is 5.32 Å². The minimum absolute atomic E-state index is 0.00688. The average Bonchev–Trinajstić information content (AvgIpc) is 3.21. The van der Waals surface area contributed by atoms with Gasteiger partial charge >= 0.3 is 0 Å². The first-order valence-corrected chi connectivity index (χ1v) is 10.5. The van der Waals surface area contributed by atoms with Crippen molar-refractivity contribution in [2.24, 2.45) is 0 Å². The second-order valence-electron chi connectivity index (χ2n) is 6.33. The molecule has 0 bridgehead atoms. The van der Waals surface area contributed by atoms with E-state index in [1.165, 1.54) is 11.8 Å². The molecule has 0 aliphatic heterocycles. The second-order valence-corrected chi connectivity index (χ2v) is 8.67. The minimum Gasteiger partial charge on any atom is -0.350 e. The van der Waals surface area contributed by atoms with Gasteiger partial charge in [0.05, 0.1) is 17.5 Å². The molecule has 0 unspecified atom stereocenters. The molecule has 1 aliphatic carbocycles. The van der Waals surface area contributed by atoms with E-state index >= 15 is 0 Å². The Labute approximate surface area is 160 Å². The minimum atomic E-state index is -0.242. The number of rotatable bonds is 7. The van der Waals surface area contributed by atoms with E-state index < -0.39 is 0 Å². The number of nitrogens with one attached hydrogen (secondary N) is 1. The monoisotopic (exact) mass is 384 g/mol. The molecule has 2 aromatic heterocycles. The summed E-state index contributed by atoms with van der Waals surface area (Å²) in [5, 5.41) is 10.1. The van der Waals surface area contributed by atoms with Crippen molar-refractivity contribution >= 4 is 29.0 Å². The molecule has 1 atom stereocenters. The van der Waals surface area contributed by atoms with Crippen molar-refractivity contribution in [3.63, 3.8) is 0 Å². The Morgan fingerprint density at radius 1 is 1.31 bits per heavy atom. The molecule has 0 radical (unpaired) electrons. The lowest BCUT2D eigenvalue weighted by atomic mass is 10.3. The maximum atomic E-state index is 12.4. The van der Waals surface area contributed by atoms with E-state index in [1.54, 1.807) is 11.3 Å². The smallest absolute Gasteiger partial charge is 0.233 e. The van der Waals surface area contributed by atoms with Crippen LogP contribution in [0.5, 0.6) is 0 Å². The number of nitrogens with zero attached hydrogens (tertiary/aromatic N) is 3. The van der Waals surface area contributed by atoms with Crippen molar-refractivity contribution in [2.75, 3.05) is 0 Å². The molecule has 134 valence electrons. The van der Waals surface area contributed by atoms with Crippen LogP contribution >= 0.6 is 23.1 Å². The second kappa shape index (κ2) is 7.63. The van der Waals surface area contributed by atoms with Gasteiger partial charge in [-0.15, -0.1) is 16.4 Å². The molecule has 0 saturated heterocycles. The van der Waals surface area contributed by atoms with Gasteiger partial charge in [0, 0.05) is 10.8 Å². The number of carbonyl (C=O) groups is 1. The molecule has 0 spiro atoms. The van der Waals surface area contributed by atoms with Gasteiger partial charge in [0.1, 0.15) is 5.82 Å². The first-order valence-electron chi connectivity index (χ1n) is 8.70. The van der Waals surface area contributed by atoms with Crippen LogP contribution in [0.15, 0.2) is 53.0 Å². The Hall–Kier alpha value is -2.12. The number of thiophene rings is 1. The van der Waals surface area contributed by atoms with Crippen LogP contribution in [0, 0.1) is 0 Å². The Balaban J connectivity index is 1.45. The largest absolute Gasteiger partial charge is 0.350 e. The normalized spacial score (nSPS) is 15.0. The molecule has 7 heteroatoms. The van der Waals surface area contributed by atoms with Crippen molar-refractivity contribution < 1.29 is 4.79 Å². The Morgan fingerprint density at radius 2 is 2.12 bits per heavy atom. The van der Waals surface area contributed by atoms with Crippen molar-refractivity contribution in [1.29, 1.82) is 0 Å². The van der Waals surface area contributed by atoms with E-state index in [9.17, 15) is 4.79 Å². The molecule has 3 aromatic rings. The van der Waals surface area contributed by atoms with Crippen molar-refractivity contribution in [3.05, 3.63) is 58.5 Å². The third-order valence-corrected chi connectivity index (χ3v) is 6.05. The maximum absolute atomic E-state index is 12.4. The zero-order chi connectivity index (χ0) is 17.9. The lowest BCUT2D eigenvalue weighted by Crippen LogP contribution is -2.30. The number of hydrogen-bond donors (Lipinski definition) is 1. The van der Waals surface area contributed by atoms with Gasteiger partial charge in [-0.25, -0.2) is 9.67 Å². The molecular weight excluding hydrogens is 364 g/mol. The lowest BCUT2D eigenvalue weighted by Gasteiger charge is -2.09. The first-order chi connectivity index (χ1) is 12.7. The molecule has 1 aliphatic rings. The third-order valence-electron chi connectivity index (χ3n) is 4.22. The Kier molecular flexibility index (Phi) is 5.08. The summed E-state index contributed by atoms with van der Waals surface area (Å²) in [6, 6.07) is 14.1. The van der Waals surface area contributed by atoms with Gasteiger partial charge in [0.25, 0.3) is 0 Å². The standard InChI is InChI=1S/C19H20N4OS2/c1-13(18(24)20-12-16-8-5-11-25-16)26-19-21-17(14-9-10-14)23(22-19)15-6-3-2-4-7-15/h2-8,11,13-14H,9-10,12H2,1H3,(H,20,24)/t13-/m0/s1.